The van der Waals surface area contributed by atoms with Gasteiger partial charge in [-0.3, -0.25) is 9.63 Å². The minimum absolute atomic E-state index is 0.113. The van der Waals surface area contributed by atoms with Crippen LogP contribution in [0.1, 0.15) is 39.2 Å². The summed E-state index contributed by atoms with van der Waals surface area (Å²) in [5, 5.41) is 0.669. The summed E-state index contributed by atoms with van der Waals surface area (Å²) in [4.78, 5) is 17.4. The van der Waals surface area contributed by atoms with Gasteiger partial charge < -0.3 is 0 Å². The summed E-state index contributed by atoms with van der Waals surface area (Å²) in [7, 11) is 0. The van der Waals surface area contributed by atoms with Gasteiger partial charge in [0.25, 0.3) is 5.91 Å². The largest absolute Gasteiger partial charge is 0.273 e. The molecule has 1 aromatic carbocycles. The number of hydroxylamine groups is 1. The van der Waals surface area contributed by atoms with Crippen molar-refractivity contribution in [3.63, 3.8) is 0 Å². The summed E-state index contributed by atoms with van der Waals surface area (Å²) < 4.78 is 0. The molecule has 4 heteroatoms. The van der Waals surface area contributed by atoms with Crippen LogP contribution >= 0.6 is 11.6 Å². The maximum Gasteiger partial charge on any atom is 0.251 e. The van der Waals surface area contributed by atoms with E-state index in [1.165, 1.54) is 0 Å². The minimum Gasteiger partial charge on any atom is -0.273 e. The molecule has 0 aliphatic rings. The summed E-state index contributed by atoms with van der Waals surface area (Å²) in [5.74, 6) is 0.222. The van der Waals surface area contributed by atoms with Crippen LogP contribution in [0, 0.1) is 11.8 Å². The van der Waals surface area contributed by atoms with Crippen molar-refractivity contribution in [2.45, 2.75) is 33.6 Å². The number of halogens is 1. The Morgan fingerprint density at radius 3 is 2.26 bits per heavy atom. The van der Waals surface area contributed by atoms with Crippen molar-refractivity contribution in [3.8, 4) is 0 Å². The third kappa shape index (κ3) is 5.21. The molecule has 3 nitrogen and oxygen atoms in total. The number of carbonyl (C=O) groups is 1. The van der Waals surface area contributed by atoms with Gasteiger partial charge in [0, 0.05) is 5.02 Å². The lowest BCUT2D eigenvalue weighted by Gasteiger charge is -2.20. The minimum atomic E-state index is -0.232. The topological polar surface area (TPSA) is 38.3 Å². The molecule has 0 saturated carbocycles. The summed E-state index contributed by atoms with van der Waals surface area (Å²) in [6.45, 7) is 8.61. The van der Waals surface area contributed by atoms with E-state index in [0.717, 1.165) is 5.56 Å². The zero-order valence-corrected chi connectivity index (χ0v) is 12.7. The highest BCUT2D eigenvalue weighted by Crippen LogP contribution is 2.25. The molecular weight excluding hydrogens is 262 g/mol. The highest BCUT2D eigenvalue weighted by atomic mass is 35.5. The fourth-order valence-corrected chi connectivity index (χ4v) is 1.98. The van der Waals surface area contributed by atoms with Crippen molar-refractivity contribution in [1.82, 2.24) is 5.48 Å². The summed E-state index contributed by atoms with van der Waals surface area (Å²) in [6, 6.07) is 7.37. The van der Waals surface area contributed by atoms with E-state index in [2.05, 4.69) is 5.48 Å². The van der Waals surface area contributed by atoms with E-state index in [9.17, 15) is 4.79 Å². The van der Waals surface area contributed by atoms with E-state index in [1.54, 1.807) is 12.1 Å². The Balaban J connectivity index is 2.72. The number of nitrogens with one attached hydrogen (secondary N) is 1. The first kappa shape index (κ1) is 16.0. The lowest BCUT2D eigenvalue weighted by molar-refractivity contribution is -0.137. The maximum absolute atomic E-state index is 12.2. The molecule has 106 valence electrons. The average Bonchev–Trinajstić information content (AvgIpc) is 2.31. The summed E-state index contributed by atoms with van der Waals surface area (Å²) in [5.41, 5.74) is 3.49. The molecule has 0 spiro atoms. The van der Waals surface area contributed by atoms with Crippen LogP contribution in [0.15, 0.2) is 24.3 Å². The average molecular weight is 284 g/mol. The smallest absolute Gasteiger partial charge is 0.251 e. The predicted octanol–water partition coefficient (Wildman–Crippen LogP) is 3.78. The van der Waals surface area contributed by atoms with Crippen LogP contribution in [-0.2, 0) is 9.63 Å². The van der Waals surface area contributed by atoms with Gasteiger partial charge >= 0.3 is 0 Å². The third-order valence-corrected chi connectivity index (χ3v) is 3.02. The fraction of sp³-hybridized carbons (Fsp3) is 0.533. The second-order valence-corrected chi connectivity index (χ2v) is 5.88. The number of rotatable bonds is 6. The molecule has 0 aromatic heterocycles. The van der Waals surface area contributed by atoms with Crippen LogP contribution in [0.25, 0.3) is 0 Å². The Morgan fingerprint density at radius 1 is 1.21 bits per heavy atom. The van der Waals surface area contributed by atoms with Crippen molar-refractivity contribution in [2.75, 3.05) is 6.61 Å². The molecule has 1 aromatic rings. The van der Waals surface area contributed by atoms with E-state index < -0.39 is 0 Å². The number of carbonyl (C=O) groups excluding carboxylic acids is 1. The van der Waals surface area contributed by atoms with Gasteiger partial charge in [-0.2, -0.15) is 0 Å². The van der Waals surface area contributed by atoms with Gasteiger partial charge in [0.05, 0.1) is 12.5 Å². The zero-order chi connectivity index (χ0) is 14.4. The molecule has 0 aliphatic carbocycles. The molecule has 1 unspecified atom stereocenters. The van der Waals surface area contributed by atoms with E-state index in [0.29, 0.717) is 17.5 Å². The zero-order valence-electron chi connectivity index (χ0n) is 11.9. The lowest BCUT2D eigenvalue weighted by atomic mass is 9.88. The quantitative estimate of drug-likeness (QED) is 0.807. The van der Waals surface area contributed by atoms with Gasteiger partial charge in [0.15, 0.2) is 0 Å². The monoisotopic (exact) mass is 283 g/mol. The second kappa shape index (κ2) is 7.51. The molecule has 0 fully saturated rings. The molecule has 0 bridgehead atoms. The van der Waals surface area contributed by atoms with Crippen LogP contribution in [0.4, 0.5) is 0 Å². The highest BCUT2D eigenvalue weighted by Gasteiger charge is 2.24. The predicted molar refractivity (Wildman–Crippen MR) is 78.0 cm³/mol. The SMILES string of the molecule is CC(C)CONC(=O)C(c1ccc(Cl)cc1)C(C)C. The number of amides is 1. The fourth-order valence-electron chi connectivity index (χ4n) is 1.85. The van der Waals surface area contributed by atoms with Crippen molar-refractivity contribution < 1.29 is 9.63 Å². The summed E-state index contributed by atoms with van der Waals surface area (Å²) >= 11 is 5.87. The number of hydrogen-bond acceptors (Lipinski definition) is 2. The molecule has 1 rings (SSSR count). The van der Waals surface area contributed by atoms with Crippen molar-refractivity contribution in [3.05, 3.63) is 34.9 Å². The Morgan fingerprint density at radius 2 is 1.79 bits per heavy atom. The van der Waals surface area contributed by atoms with Gasteiger partial charge in [0.1, 0.15) is 0 Å². The maximum atomic E-state index is 12.2. The molecule has 0 heterocycles. The lowest BCUT2D eigenvalue weighted by Crippen LogP contribution is -2.33. The van der Waals surface area contributed by atoms with Crippen molar-refractivity contribution in [1.29, 1.82) is 0 Å². The Hall–Kier alpha value is -1.06. The first-order chi connectivity index (χ1) is 8.91. The molecular formula is C15H22ClNO2. The number of benzene rings is 1. The van der Waals surface area contributed by atoms with E-state index in [1.807, 2.05) is 39.8 Å². The van der Waals surface area contributed by atoms with Crippen LogP contribution < -0.4 is 5.48 Å². The Bertz CT molecular complexity index is 401. The van der Waals surface area contributed by atoms with Crippen LogP contribution in [0.2, 0.25) is 5.02 Å². The van der Waals surface area contributed by atoms with Gasteiger partial charge in [-0.25, -0.2) is 5.48 Å². The number of hydrogen-bond donors (Lipinski definition) is 1. The summed E-state index contributed by atoms with van der Waals surface area (Å²) in [6.07, 6.45) is 0. The molecule has 19 heavy (non-hydrogen) atoms. The normalized spacial score (nSPS) is 12.8. The van der Waals surface area contributed by atoms with Crippen LogP contribution in [0.3, 0.4) is 0 Å². The second-order valence-electron chi connectivity index (χ2n) is 5.44. The van der Waals surface area contributed by atoms with Gasteiger partial charge in [-0.15, -0.1) is 0 Å². The van der Waals surface area contributed by atoms with E-state index >= 15 is 0 Å². The van der Waals surface area contributed by atoms with Gasteiger partial charge in [-0.05, 0) is 29.5 Å². The Labute approximate surface area is 120 Å². The third-order valence-electron chi connectivity index (χ3n) is 2.77. The van der Waals surface area contributed by atoms with Crippen molar-refractivity contribution >= 4 is 17.5 Å². The molecule has 1 amide bonds. The molecule has 0 aliphatic heterocycles. The van der Waals surface area contributed by atoms with E-state index in [-0.39, 0.29) is 17.7 Å². The van der Waals surface area contributed by atoms with Crippen molar-refractivity contribution in [2.24, 2.45) is 11.8 Å². The van der Waals surface area contributed by atoms with Crippen LogP contribution in [-0.4, -0.2) is 12.5 Å². The van der Waals surface area contributed by atoms with Crippen LogP contribution in [0.5, 0.6) is 0 Å². The molecule has 0 saturated heterocycles. The molecule has 0 radical (unpaired) electrons. The first-order valence-electron chi connectivity index (χ1n) is 6.59. The first-order valence-corrected chi connectivity index (χ1v) is 6.96. The molecule has 1 atom stereocenters. The van der Waals surface area contributed by atoms with Gasteiger partial charge in [-0.1, -0.05) is 51.4 Å². The van der Waals surface area contributed by atoms with Gasteiger partial charge in [0.2, 0.25) is 0 Å². The Kier molecular flexibility index (Phi) is 6.32. The standard InChI is InChI=1S/C15H22ClNO2/c1-10(2)9-19-17-15(18)14(11(3)4)12-5-7-13(16)8-6-12/h5-8,10-11,14H,9H2,1-4H3,(H,17,18). The highest BCUT2D eigenvalue weighted by molar-refractivity contribution is 6.30. The van der Waals surface area contributed by atoms with E-state index in [4.69, 9.17) is 16.4 Å². The molecule has 1 N–H and O–H groups in total.